The van der Waals surface area contributed by atoms with Gasteiger partial charge in [-0.1, -0.05) is 135 Å². The van der Waals surface area contributed by atoms with Crippen LogP contribution in [0, 0.1) is 0 Å². The molecular formula is C54H46N2Si2. The highest BCUT2D eigenvalue weighted by atomic mass is 28.3. The van der Waals surface area contributed by atoms with E-state index in [4.69, 9.17) is 0 Å². The Morgan fingerprint density at radius 1 is 0.310 bits per heavy atom. The average Bonchev–Trinajstić information content (AvgIpc) is 4.05. The van der Waals surface area contributed by atoms with E-state index < -0.39 is 16.1 Å². The number of hydrogen-bond acceptors (Lipinski definition) is 2. The molecule has 0 radical (unpaired) electrons. The molecule has 4 aliphatic rings. The molecule has 2 nitrogen and oxygen atoms in total. The first-order valence-electron chi connectivity index (χ1n) is 21.4. The fourth-order valence-corrected chi connectivity index (χ4v) is 23.2. The van der Waals surface area contributed by atoms with Gasteiger partial charge in [0.1, 0.15) is 16.1 Å². The first-order valence-corrected chi connectivity index (χ1v) is 26.3. The van der Waals surface area contributed by atoms with Gasteiger partial charge in [0.25, 0.3) is 0 Å². The van der Waals surface area contributed by atoms with E-state index in [9.17, 15) is 0 Å². The molecule has 0 bridgehead atoms. The minimum Gasteiger partial charge on any atom is -0.311 e. The lowest BCUT2D eigenvalue weighted by Crippen LogP contribution is -2.59. The highest BCUT2D eigenvalue weighted by Gasteiger charge is 2.51. The molecule has 4 heteroatoms. The van der Waals surface area contributed by atoms with Gasteiger partial charge in [0.15, 0.2) is 0 Å². The third-order valence-electron chi connectivity index (χ3n) is 14.3. The van der Waals surface area contributed by atoms with Gasteiger partial charge in [0.05, 0.1) is 0 Å². The van der Waals surface area contributed by atoms with Gasteiger partial charge in [-0.15, -0.1) is 0 Å². The van der Waals surface area contributed by atoms with E-state index in [0.29, 0.717) is 0 Å². The van der Waals surface area contributed by atoms with Crippen LogP contribution in [-0.4, -0.2) is 16.1 Å². The molecule has 0 aromatic heterocycles. The molecule has 0 aliphatic carbocycles. The standard InChI is InChI=1S/C54H46N2Si2/c1-5-18-39(19-6-1)55(40-20-7-2-8-21-40)43-28-30-45-48-38-52-53(47-26-17-27-49(54(47)48)57(50(45)36-43)32-13-14-33-57)46-31-29-44(37-51(46)58(52)34-15-16-35-58)56(41-22-9-3-10-23-41)42-24-11-4-12-25-42/h1-12,17-31,36-38H,13-16,32-35H2. The Labute approximate surface area is 344 Å². The summed E-state index contributed by atoms with van der Waals surface area (Å²) < 4.78 is 0. The molecule has 2 fully saturated rings. The molecule has 4 aliphatic heterocycles. The van der Waals surface area contributed by atoms with Gasteiger partial charge in [0.2, 0.25) is 0 Å². The largest absolute Gasteiger partial charge is 0.311 e. The van der Waals surface area contributed by atoms with Crippen LogP contribution in [0.1, 0.15) is 25.7 Å². The maximum Gasteiger partial charge on any atom is 0.119 e. The smallest absolute Gasteiger partial charge is 0.119 e. The SMILES string of the molecule is c1ccc(N(c2ccccc2)c2ccc3c(c2)[Si]2(CCCC2)c2cc4c5c(cccc5c2-3)[Si]2(CCCC2)c2cc(N(c3ccccc3)c3ccccc3)ccc2-4)cc1. The second kappa shape index (κ2) is 13.3. The topological polar surface area (TPSA) is 6.48 Å². The second-order valence-electron chi connectivity index (χ2n) is 17.1. The molecule has 8 aromatic rings. The summed E-state index contributed by atoms with van der Waals surface area (Å²) in [5, 5.41) is 9.83. The van der Waals surface area contributed by atoms with Crippen LogP contribution < -0.4 is 30.5 Å². The number of para-hydroxylation sites is 4. The van der Waals surface area contributed by atoms with E-state index >= 15 is 0 Å². The monoisotopic (exact) mass is 778 g/mol. The van der Waals surface area contributed by atoms with E-state index in [1.54, 1.807) is 31.7 Å². The maximum atomic E-state index is 2.77. The van der Waals surface area contributed by atoms with Crippen LogP contribution in [0.15, 0.2) is 182 Å². The Balaban J connectivity index is 1.08. The van der Waals surface area contributed by atoms with Crippen LogP contribution in [0.5, 0.6) is 0 Å². The molecule has 12 rings (SSSR count). The summed E-state index contributed by atoms with van der Waals surface area (Å²) in [6.07, 6.45) is 5.31. The Hall–Kier alpha value is -5.95. The van der Waals surface area contributed by atoms with Crippen molar-refractivity contribution >= 4 is 81.8 Å². The van der Waals surface area contributed by atoms with Crippen LogP contribution >= 0.6 is 0 Å². The summed E-state index contributed by atoms with van der Waals surface area (Å²) in [6, 6.07) is 74.6. The first kappa shape index (κ1) is 34.1. The van der Waals surface area contributed by atoms with Crippen LogP contribution in [0.4, 0.5) is 34.1 Å². The predicted molar refractivity (Wildman–Crippen MR) is 252 cm³/mol. The van der Waals surface area contributed by atoms with Gasteiger partial charge in [-0.2, -0.15) is 0 Å². The van der Waals surface area contributed by atoms with Crippen molar-refractivity contribution in [1.82, 2.24) is 0 Å². The van der Waals surface area contributed by atoms with E-state index in [2.05, 4.69) is 192 Å². The summed E-state index contributed by atoms with van der Waals surface area (Å²) in [4.78, 5) is 4.94. The molecular weight excluding hydrogens is 733 g/mol. The van der Waals surface area contributed by atoms with E-state index in [1.807, 2.05) is 0 Å². The number of anilines is 6. The molecule has 58 heavy (non-hydrogen) atoms. The van der Waals surface area contributed by atoms with Crippen molar-refractivity contribution < 1.29 is 0 Å². The molecule has 280 valence electrons. The molecule has 0 amide bonds. The van der Waals surface area contributed by atoms with Gasteiger partial charge in [-0.05, 0) is 151 Å². The van der Waals surface area contributed by atoms with Crippen LogP contribution in [0.25, 0.3) is 33.0 Å². The van der Waals surface area contributed by atoms with Crippen molar-refractivity contribution in [2.24, 2.45) is 0 Å². The van der Waals surface area contributed by atoms with Crippen molar-refractivity contribution in [2.45, 2.75) is 49.9 Å². The third kappa shape index (κ3) is 4.95. The van der Waals surface area contributed by atoms with Crippen LogP contribution in [0.2, 0.25) is 24.2 Å². The quantitative estimate of drug-likeness (QED) is 0.155. The summed E-state index contributed by atoms with van der Waals surface area (Å²) in [5.74, 6) is 0. The molecule has 0 unspecified atom stereocenters. The summed E-state index contributed by atoms with van der Waals surface area (Å²) in [7, 11) is -4.10. The molecule has 2 spiro atoms. The van der Waals surface area contributed by atoms with Crippen LogP contribution in [0.3, 0.4) is 0 Å². The number of rotatable bonds is 6. The molecule has 8 aromatic carbocycles. The van der Waals surface area contributed by atoms with Gasteiger partial charge < -0.3 is 9.80 Å². The Bertz CT molecular complexity index is 2770. The molecule has 0 N–H and O–H groups in total. The van der Waals surface area contributed by atoms with Crippen molar-refractivity contribution in [3.63, 3.8) is 0 Å². The number of hydrogen-bond donors (Lipinski definition) is 0. The summed E-state index contributed by atoms with van der Waals surface area (Å²) in [6.45, 7) is 0. The summed E-state index contributed by atoms with van der Waals surface area (Å²) >= 11 is 0. The highest BCUT2D eigenvalue weighted by molar-refractivity contribution is 7.07. The average molecular weight is 779 g/mol. The van der Waals surface area contributed by atoms with E-state index in [1.165, 1.54) is 106 Å². The Morgan fingerprint density at radius 3 is 1.22 bits per heavy atom. The van der Waals surface area contributed by atoms with Gasteiger partial charge >= 0.3 is 0 Å². The van der Waals surface area contributed by atoms with Crippen molar-refractivity contribution in [3.8, 4) is 22.3 Å². The predicted octanol–water partition coefficient (Wildman–Crippen LogP) is 12.5. The number of benzene rings is 8. The van der Waals surface area contributed by atoms with Crippen LogP contribution in [-0.2, 0) is 0 Å². The third-order valence-corrected chi connectivity index (χ3v) is 24.9. The lowest BCUT2D eigenvalue weighted by molar-refractivity contribution is 0.935. The number of fused-ring (bicyclic) bond motifs is 10. The lowest BCUT2D eigenvalue weighted by atomic mass is 9.91. The van der Waals surface area contributed by atoms with Crippen molar-refractivity contribution in [3.05, 3.63) is 182 Å². The van der Waals surface area contributed by atoms with Crippen molar-refractivity contribution in [1.29, 1.82) is 0 Å². The van der Waals surface area contributed by atoms with E-state index in [-0.39, 0.29) is 0 Å². The molecule has 2 saturated heterocycles. The fraction of sp³-hybridized carbons (Fsp3) is 0.148. The highest BCUT2D eigenvalue weighted by Crippen LogP contribution is 2.49. The Morgan fingerprint density at radius 2 is 0.741 bits per heavy atom. The fourth-order valence-electron chi connectivity index (χ4n) is 11.9. The Kier molecular flexibility index (Phi) is 7.83. The molecule has 0 saturated carbocycles. The normalized spacial score (nSPS) is 16.3. The maximum absolute atomic E-state index is 2.77. The zero-order chi connectivity index (χ0) is 38.3. The van der Waals surface area contributed by atoms with E-state index in [0.717, 1.165) is 0 Å². The minimum absolute atomic E-state index is 1.20. The van der Waals surface area contributed by atoms with Gasteiger partial charge in [-0.25, -0.2) is 0 Å². The van der Waals surface area contributed by atoms with Gasteiger partial charge in [0, 0.05) is 34.1 Å². The zero-order valence-corrected chi connectivity index (χ0v) is 34.9. The lowest BCUT2D eigenvalue weighted by Gasteiger charge is -2.38. The minimum atomic E-state index is -2.06. The molecule has 0 atom stereocenters. The van der Waals surface area contributed by atoms with Crippen molar-refractivity contribution in [2.75, 3.05) is 9.80 Å². The molecule has 4 heterocycles. The number of nitrogens with zero attached hydrogens (tertiary/aromatic N) is 2. The zero-order valence-electron chi connectivity index (χ0n) is 32.9. The van der Waals surface area contributed by atoms with Gasteiger partial charge in [-0.3, -0.25) is 0 Å². The first-order chi connectivity index (χ1) is 28.7. The summed E-state index contributed by atoms with van der Waals surface area (Å²) in [5.41, 5.74) is 13.5. The second-order valence-corrected chi connectivity index (χ2v) is 25.6.